The Labute approximate surface area is 142 Å². The second kappa shape index (κ2) is 6.57. The van der Waals surface area contributed by atoms with Crippen molar-refractivity contribution >= 4 is 11.0 Å². The Hall–Kier alpha value is -2.46. The predicted octanol–water partition coefficient (Wildman–Crippen LogP) is 3.63. The van der Waals surface area contributed by atoms with E-state index in [1.807, 2.05) is 42.6 Å². The molecule has 0 spiro atoms. The van der Waals surface area contributed by atoms with Crippen molar-refractivity contribution < 1.29 is 4.74 Å². The van der Waals surface area contributed by atoms with Gasteiger partial charge in [-0.3, -0.25) is 4.98 Å². The van der Waals surface area contributed by atoms with Crippen LogP contribution in [0, 0.1) is 5.92 Å². The van der Waals surface area contributed by atoms with Crippen molar-refractivity contribution in [3.05, 3.63) is 54.7 Å². The summed E-state index contributed by atoms with van der Waals surface area (Å²) in [6.07, 6.45) is 3.04. The quantitative estimate of drug-likeness (QED) is 0.736. The Kier molecular flexibility index (Phi) is 4.13. The van der Waals surface area contributed by atoms with Gasteiger partial charge in [-0.15, -0.1) is 0 Å². The van der Waals surface area contributed by atoms with Crippen LogP contribution in [0.4, 0.5) is 0 Å². The second-order valence-corrected chi connectivity index (χ2v) is 6.50. The molecular weight excluding hydrogens is 298 g/mol. The summed E-state index contributed by atoms with van der Waals surface area (Å²) in [5, 5.41) is 0. The summed E-state index contributed by atoms with van der Waals surface area (Å²) in [5.41, 5.74) is 3.74. The first kappa shape index (κ1) is 15.1. The van der Waals surface area contributed by atoms with Gasteiger partial charge in [0.1, 0.15) is 5.75 Å². The Bertz CT molecular complexity index is 849. The van der Waals surface area contributed by atoms with Gasteiger partial charge in [0.2, 0.25) is 0 Å². The molecule has 1 aliphatic heterocycles. The summed E-state index contributed by atoms with van der Waals surface area (Å²) in [5.74, 6) is 1.52. The average molecular weight is 319 g/mol. The van der Waals surface area contributed by atoms with E-state index in [4.69, 9.17) is 9.72 Å². The number of rotatable bonds is 4. The maximum absolute atomic E-state index is 6.01. The van der Waals surface area contributed by atoms with Crippen LogP contribution in [0.15, 0.2) is 54.7 Å². The zero-order valence-electron chi connectivity index (χ0n) is 13.9. The lowest BCUT2D eigenvalue weighted by Gasteiger charge is -2.13. The SMILES string of the molecule is CN1CCC(COc2cccc(-c3cnc4ccccc4n3)c2)C1. The van der Waals surface area contributed by atoms with Crippen molar-refractivity contribution in [1.82, 2.24) is 14.9 Å². The molecule has 1 saturated heterocycles. The minimum Gasteiger partial charge on any atom is -0.493 e. The molecule has 0 bridgehead atoms. The molecule has 122 valence electrons. The monoisotopic (exact) mass is 319 g/mol. The number of nitrogens with zero attached hydrogens (tertiary/aromatic N) is 3. The highest BCUT2D eigenvalue weighted by Gasteiger charge is 2.19. The van der Waals surface area contributed by atoms with Crippen LogP contribution in [0.5, 0.6) is 5.75 Å². The Morgan fingerprint density at radius 3 is 2.83 bits per heavy atom. The third-order valence-corrected chi connectivity index (χ3v) is 4.55. The van der Waals surface area contributed by atoms with Crippen LogP contribution in [0.3, 0.4) is 0 Å². The molecule has 1 unspecified atom stereocenters. The normalized spacial score (nSPS) is 18.1. The van der Waals surface area contributed by atoms with Gasteiger partial charge in [-0.1, -0.05) is 24.3 Å². The number of hydrogen-bond acceptors (Lipinski definition) is 4. The van der Waals surface area contributed by atoms with Gasteiger partial charge in [0.05, 0.1) is 29.5 Å². The lowest BCUT2D eigenvalue weighted by molar-refractivity contribution is 0.249. The molecule has 2 heterocycles. The smallest absolute Gasteiger partial charge is 0.119 e. The number of para-hydroxylation sites is 2. The van der Waals surface area contributed by atoms with Crippen LogP contribution in [-0.4, -0.2) is 41.6 Å². The highest BCUT2D eigenvalue weighted by Crippen LogP contribution is 2.24. The minimum atomic E-state index is 0.624. The molecule has 4 nitrogen and oxygen atoms in total. The van der Waals surface area contributed by atoms with E-state index < -0.39 is 0 Å². The van der Waals surface area contributed by atoms with Crippen LogP contribution in [0.1, 0.15) is 6.42 Å². The van der Waals surface area contributed by atoms with E-state index in [1.54, 1.807) is 0 Å². The van der Waals surface area contributed by atoms with E-state index in [0.29, 0.717) is 5.92 Å². The molecule has 4 heteroatoms. The van der Waals surface area contributed by atoms with Crippen molar-refractivity contribution in [2.24, 2.45) is 5.92 Å². The number of hydrogen-bond donors (Lipinski definition) is 0. The molecule has 1 aliphatic rings. The van der Waals surface area contributed by atoms with Gasteiger partial charge >= 0.3 is 0 Å². The van der Waals surface area contributed by atoms with E-state index in [9.17, 15) is 0 Å². The molecule has 1 fully saturated rings. The lowest BCUT2D eigenvalue weighted by Crippen LogP contribution is -2.17. The summed E-state index contributed by atoms with van der Waals surface area (Å²) >= 11 is 0. The zero-order valence-corrected chi connectivity index (χ0v) is 13.9. The number of likely N-dealkylation sites (tertiary alicyclic amines) is 1. The van der Waals surface area contributed by atoms with Crippen molar-refractivity contribution in [2.75, 3.05) is 26.7 Å². The first-order chi connectivity index (χ1) is 11.8. The van der Waals surface area contributed by atoms with Crippen LogP contribution < -0.4 is 4.74 Å². The fourth-order valence-electron chi connectivity index (χ4n) is 3.22. The van der Waals surface area contributed by atoms with Crippen molar-refractivity contribution in [1.29, 1.82) is 0 Å². The van der Waals surface area contributed by atoms with E-state index >= 15 is 0 Å². The number of aromatic nitrogens is 2. The molecular formula is C20H21N3O. The first-order valence-corrected chi connectivity index (χ1v) is 8.41. The summed E-state index contributed by atoms with van der Waals surface area (Å²) in [4.78, 5) is 11.6. The standard InChI is InChI=1S/C20H21N3O/c1-23-10-9-15(13-23)14-24-17-6-4-5-16(11-17)20-12-21-18-7-2-3-8-19(18)22-20/h2-8,11-12,15H,9-10,13-14H2,1H3. The maximum atomic E-state index is 6.01. The zero-order chi connectivity index (χ0) is 16.4. The lowest BCUT2D eigenvalue weighted by atomic mass is 10.1. The Balaban J connectivity index is 1.52. The van der Waals surface area contributed by atoms with Crippen molar-refractivity contribution in [3.8, 4) is 17.0 Å². The van der Waals surface area contributed by atoms with Crippen molar-refractivity contribution in [3.63, 3.8) is 0 Å². The number of benzene rings is 2. The molecule has 2 aromatic carbocycles. The predicted molar refractivity (Wildman–Crippen MR) is 96.1 cm³/mol. The molecule has 0 amide bonds. The molecule has 24 heavy (non-hydrogen) atoms. The van der Waals surface area contributed by atoms with Crippen LogP contribution >= 0.6 is 0 Å². The molecule has 0 N–H and O–H groups in total. The van der Waals surface area contributed by atoms with Crippen LogP contribution in [-0.2, 0) is 0 Å². The third kappa shape index (κ3) is 3.24. The minimum absolute atomic E-state index is 0.624. The van der Waals surface area contributed by atoms with Gasteiger partial charge in [0.25, 0.3) is 0 Å². The second-order valence-electron chi connectivity index (χ2n) is 6.50. The van der Waals surface area contributed by atoms with Crippen molar-refractivity contribution in [2.45, 2.75) is 6.42 Å². The molecule has 0 radical (unpaired) electrons. The molecule has 0 saturated carbocycles. The molecule has 1 aromatic heterocycles. The van der Waals surface area contributed by atoms with Gasteiger partial charge in [-0.2, -0.15) is 0 Å². The summed E-state index contributed by atoms with van der Waals surface area (Å²) in [6.45, 7) is 3.06. The van der Waals surface area contributed by atoms with Gasteiger partial charge < -0.3 is 9.64 Å². The molecule has 1 atom stereocenters. The Morgan fingerprint density at radius 1 is 1.12 bits per heavy atom. The van der Waals surface area contributed by atoms with Gasteiger partial charge in [0, 0.05) is 18.0 Å². The van der Waals surface area contributed by atoms with Crippen LogP contribution in [0.2, 0.25) is 0 Å². The molecule has 3 aromatic rings. The number of fused-ring (bicyclic) bond motifs is 1. The third-order valence-electron chi connectivity index (χ3n) is 4.55. The molecule has 0 aliphatic carbocycles. The average Bonchev–Trinajstić information content (AvgIpc) is 3.05. The van der Waals surface area contributed by atoms with Gasteiger partial charge in [-0.25, -0.2) is 4.98 Å². The van der Waals surface area contributed by atoms with E-state index in [0.717, 1.165) is 41.2 Å². The number of ether oxygens (including phenoxy) is 1. The van der Waals surface area contributed by atoms with Gasteiger partial charge in [0.15, 0.2) is 0 Å². The highest BCUT2D eigenvalue weighted by molar-refractivity contribution is 5.77. The van der Waals surface area contributed by atoms with E-state index in [-0.39, 0.29) is 0 Å². The summed E-state index contributed by atoms with van der Waals surface area (Å²) in [6, 6.07) is 16.1. The largest absolute Gasteiger partial charge is 0.493 e. The summed E-state index contributed by atoms with van der Waals surface area (Å²) < 4.78 is 6.01. The fourth-order valence-corrected chi connectivity index (χ4v) is 3.22. The summed E-state index contributed by atoms with van der Waals surface area (Å²) in [7, 11) is 2.17. The maximum Gasteiger partial charge on any atom is 0.119 e. The van der Waals surface area contributed by atoms with E-state index in [1.165, 1.54) is 13.0 Å². The highest BCUT2D eigenvalue weighted by atomic mass is 16.5. The van der Waals surface area contributed by atoms with Crippen LogP contribution in [0.25, 0.3) is 22.3 Å². The van der Waals surface area contributed by atoms with Gasteiger partial charge in [-0.05, 0) is 44.3 Å². The topological polar surface area (TPSA) is 38.2 Å². The van der Waals surface area contributed by atoms with E-state index in [2.05, 4.69) is 29.1 Å². The Morgan fingerprint density at radius 2 is 2.00 bits per heavy atom. The first-order valence-electron chi connectivity index (χ1n) is 8.41. The molecule has 4 rings (SSSR count). The fraction of sp³-hybridized carbons (Fsp3) is 0.300.